The average molecular weight is 384 g/mol. The van der Waals surface area contributed by atoms with Crippen molar-refractivity contribution in [3.63, 3.8) is 0 Å². The van der Waals surface area contributed by atoms with Crippen LogP contribution in [0, 0.1) is 0 Å². The van der Waals surface area contributed by atoms with Gasteiger partial charge in [0.15, 0.2) is 0 Å². The Bertz CT molecular complexity index is 818. The molecule has 28 heavy (non-hydrogen) atoms. The third kappa shape index (κ3) is 6.12. The molecule has 0 heterocycles. The van der Waals surface area contributed by atoms with Gasteiger partial charge in [0.2, 0.25) is 5.91 Å². The summed E-state index contributed by atoms with van der Waals surface area (Å²) in [7, 11) is 1.31. The number of hydrogen-bond donors (Lipinski definition) is 2. The largest absolute Gasteiger partial charge is 0.493 e. The SMILES string of the molecule is CCOc1ccccc1C(=O)NCCCC(=O)Nc1ccc(C(=O)OC)cc1. The quantitative estimate of drug-likeness (QED) is 0.512. The van der Waals surface area contributed by atoms with E-state index in [1.807, 2.05) is 13.0 Å². The first-order chi connectivity index (χ1) is 13.5. The number of hydrogen-bond acceptors (Lipinski definition) is 5. The van der Waals surface area contributed by atoms with Gasteiger partial charge in [0, 0.05) is 18.7 Å². The Morgan fingerprint density at radius 2 is 1.71 bits per heavy atom. The Hall–Kier alpha value is -3.35. The fourth-order valence-electron chi connectivity index (χ4n) is 2.51. The van der Waals surface area contributed by atoms with Gasteiger partial charge in [-0.2, -0.15) is 0 Å². The Morgan fingerprint density at radius 3 is 2.39 bits per heavy atom. The van der Waals surface area contributed by atoms with E-state index in [0.29, 0.717) is 42.1 Å². The highest BCUT2D eigenvalue weighted by Gasteiger charge is 2.11. The Morgan fingerprint density at radius 1 is 1.00 bits per heavy atom. The molecule has 2 aromatic rings. The summed E-state index contributed by atoms with van der Waals surface area (Å²) in [6.07, 6.45) is 0.751. The molecule has 0 saturated heterocycles. The summed E-state index contributed by atoms with van der Waals surface area (Å²) in [6, 6.07) is 13.5. The number of carbonyl (C=O) groups excluding carboxylic acids is 3. The summed E-state index contributed by atoms with van der Waals surface area (Å²) in [5, 5.41) is 5.54. The Balaban J connectivity index is 1.75. The van der Waals surface area contributed by atoms with Crippen LogP contribution in [0.25, 0.3) is 0 Å². The third-order valence-electron chi connectivity index (χ3n) is 3.89. The maximum atomic E-state index is 12.3. The fraction of sp³-hybridized carbons (Fsp3) is 0.286. The standard InChI is InChI=1S/C21H24N2O5/c1-3-28-18-8-5-4-7-17(18)20(25)22-14-6-9-19(24)23-16-12-10-15(11-13-16)21(26)27-2/h4-5,7-8,10-13H,3,6,9,14H2,1-2H3,(H,22,25)(H,23,24). The molecular formula is C21H24N2O5. The van der Waals surface area contributed by atoms with Gasteiger partial charge in [-0.25, -0.2) is 4.79 Å². The molecule has 0 saturated carbocycles. The van der Waals surface area contributed by atoms with Crippen LogP contribution in [0.15, 0.2) is 48.5 Å². The number of ether oxygens (including phenoxy) is 2. The Kier molecular flexibility index (Phi) is 8.02. The first-order valence-electron chi connectivity index (χ1n) is 9.03. The van der Waals surface area contributed by atoms with Crippen molar-refractivity contribution in [2.45, 2.75) is 19.8 Å². The predicted octanol–water partition coefficient (Wildman–Crippen LogP) is 3.02. The van der Waals surface area contributed by atoms with E-state index < -0.39 is 5.97 Å². The molecule has 0 aliphatic heterocycles. The summed E-state index contributed by atoms with van der Waals surface area (Å²) in [5.74, 6) is -0.298. The van der Waals surface area contributed by atoms with Gasteiger partial charge in [0.05, 0.1) is 24.8 Å². The molecule has 0 unspecified atom stereocenters. The second-order valence-electron chi connectivity index (χ2n) is 5.91. The van der Waals surface area contributed by atoms with Crippen LogP contribution in [0.1, 0.15) is 40.5 Å². The summed E-state index contributed by atoms with van der Waals surface area (Å²) >= 11 is 0. The van der Waals surface area contributed by atoms with Gasteiger partial charge in [-0.1, -0.05) is 12.1 Å². The number of carbonyl (C=O) groups is 3. The van der Waals surface area contributed by atoms with E-state index in [1.54, 1.807) is 42.5 Å². The number of anilines is 1. The molecule has 0 bridgehead atoms. The van der Waals surface area contributed by atoms with Crippen molar-refractivity contribution in [2.75, 3.05) is 25.6 Å². The van der Waals surface area contributed by atoms with Gasteiger partial charge in [0.25, 0.3) is 5.91 Å². The van der Waals surface area contributed by atoms with Crippen LogP contribution in [0.4, 0.5) is 5.69 Å². The lowest BCUT2D eigenvalue weighted by Gasteiger charge is -2.10. The van der Waals surface area contributed by atoms with Crippen LogP contribution in [0.5, 0.6) is 5.75 Å². The molecule has 0 aliphatic carbocycles. The zero-order chi connectivity index (χ0) is 20.4. The molecule has 7 nitrogen and oxygen atoms in total. The lowest BCUT2D eigenvalue weighted by Crippen LogP contribution is -2.26. The summed E-state index contributed by atoms with van der Waals surface area (Å²) in [5.41, 5.74) is 1.47. The van der Waals surface area contributed by atoms with E-state index in [0.717, 1.165) is 0 Å². The third-order valence-corrected chi connectivity index (χ3v) is 3.89. The molecule has 0 aromatic heterocycles. The van der Waals surface area contributed by atoms with Gasteiger partial charge < -0.3 is 20.1 Å². The number of nitrogens with one attached hydrogen (secondary N) is 2. The molecule has 0 radical (unpaired) electrons. The maximum Gasteiger partial charge on any atom is 0.337 e. The van der Waals surface area contributed by atoms with E-state index in [9.17, 15) is 14.4 Å². The molecule has 0 aliphatic rings. The molecule has 148 valence electrons. The molecule has 0 fully saturated rings. The second-order valence-corrected chi connectivity index (χ2v) is 5.91. The zero-order valence-electron chi connectivity index (χ0n) is 16.0. The highest BCUT2D eigenvalue weighted by molar-refractivity contribution is 5.97. The molecule has 2 rings (SSSR count). The minimum absolute atomic E-state index is 0.171. The minimum atomic E-state index is -0.431. The number of amides is 2. The number of benzene rings is 2. The van der Waals surface area contributed by atoms with Crippen LogP contribution in [-0.2, 0) is 9.53 Å². The molecule has 2 amide bonds. The van der Waals surface area contributed by atoms with Crippen molar-refractivity contribution in [1.82, 2.24) is 5.32 Å². The topological polar surface area (TPSA) is 93.7 Å². The molecule has 0 spiro atoms. The van der Waals surface area contributed by atoms with E-state index in [4.69, 9.17) is 4.74 Å². The van der Waals surface area contributed by atoms with Crippen molar-refractivity contribution >= 4 is 23.5 Å². The molecule has 2 aromatic carbocycles. The van der Waals surface area contributed by atoms with Crippen molar-refractivity contribution in [3.05, 3.63) is 59.7 Å². The number of esters is 1. The number of para-hydroxylation sites is 1. The van der Waals surface area contributed by atoms with Crippen molar-refractivity contribution in [1.29, 1.82) is 0 Å². The van der Waals surface area contributed by atoms with Gasteiger partial charge in [-0.15, -0.1) is 0 Å². The predicted molar refractivity (Wildman–Crippen MR) is 106 cm³/mol. The first kappa shape index (κ1) is 21.0. The van der Waals surface area contributed by atoms with Crippen LogP contribution < -0.4 is 15.4 Å². The van der Waals surface area contributed by atoms with Crippen LogP contribution in [0.3, 0.4) is 0 Å². The zero-order valence-corrected chi connectivity index (χ0v) is 16.0. The van der Waals surface area contributed by atoms with Crippen LogP contribution in [0.2, 0.25) is 0 Å². The fourth-order valence-corrected chi connectivity index (χ4v) is 2.51. The first-order valence-corrected chi connectivity index (χ1v) is 9.03. The number of rotatable bonds is 9. The van der Waals surface area contributed by atoms with Gasteiger partial charge in [-0.3, -0.25) is 9.59 Å². The van der Waals surface area contributed by atoms with Crippen molar-refractivity contribution < 1.29 is 23.9 Å². The van der Waals surface area contributed by atoms with E-state index >= 15 is 0 Å². The van der Waals surface area contributed by atoms with E-state index in [1.165, 1.54) is 7.11 Å². The van der Waals surface area contributed by atoms with Crippen molar-refractivity contribution in [3.8, 4) is 5.75 Å². The summed E-state index contributed by atoms with van der Waals surface area (Å²) in [4.78, 5) is 35.6. The normalized spacial score (nSPS) is 10.1. The highest BCUT2D eigenvalue weighted by Crippen LogP contribution is 2.17. The van der Waals surface area contributed by atoms with E-state index in [-0.39, 0.29) is 18.2 Å². The van der Waals surface area contributed by atoms with E-state index in [2.05, 4.69) is 15.4 Å². The molecular weight excluding hydrogens is 360 g/mol. The lowest BCUT2D eigenvalue weighted by molar-refractivity contribution is -0.116. The van der Waals surface area contributed by atoms with Gasteiger partial charge in [0.1, 0.15) is 5.75 Å². The maximum absolute atomic E-state index is 12.3. The summed E-state index contributed by atoms with van der Waals surface area (Å²) < 4.78 is 10.1. The van der Waals surface area contributed by atoms with Gasteiger partial charge >= 0.3 is 5.97 Å². The van der Waals surface area contributed by atoms with Gasteiger partial charge in [-0.05, 0) is 49.7 Å². The average Bonchev–Trinajstić information content (AvgIpc) is 2.71. The smallest absolute Gasteiger partial charge is 0.337 e. The van der Waals surface area contributed by atoms with Crippen LogP contribution >= 0.6 is 0 Å². The highest BCUT2D eigenvalue weighted by atomic mass is 16.5. The Labute approximate surface area is 164 Å². The summed E-state index contributed by atoms with van der Waals surface area (Å²) in [6.45, 7) is 2.70. The van der Waals surface area contributed by atoms with Crippen molar-refractivity contribution in [2.24, 2.45) is 0 Å². The molecule has 7 heteroatoms. The molecule has 2 N–H and O–H groups in total. The minimum Gasteiger partial charge on any atom is -0.493 e. The lowest BCUT2D eigenvalue weighted by atomic mass is 10.2. The van der Waals surface area contributed by atoms with Crippen LogP contribution in [-0.4, -0.2) is 38.0 Å². The second kappa shape index (κ2) is 10.7. The number of methoxy groups -OCH3 is 1. The monoisotopic (exact) mass is 384 g/mol. The molecule has 0 atom stereocenters.